The van der Waals surface area contributed by atoms with Crippen LogP contribution >= 0.6 is 11.6 Å². The Morgan fingerprint density at radius 1 is 0.968 bits per heavy atom. The van der Waals surface area contributed by atoms with Crippen molar-refractivity contribution < 1.29 is 4.79 Å². The number of amides is 1. The van der Waals surface area contributed by atoms with Crippen molar-refractivity contribution in [2.45, 2.75) is 18.9 Å². The molecular weight excluding hydrogens is 406 g/mol. The summed E-state index contributed by atoms with van der Waals surface area (Å²) in [7, 11) is 0. The third-order valence-corrected chi connectivity index (χ3v) is 5.96. The molecule has 1 fully saturated rings. The van der Waals surface area contributed by atoms with Crippen LogP contribution in [-0.4, -0.2) is 22.0 Å². The van der Waals surface area contributed by atoms with Crippen LogP contribution in [0, 0.1) is 0 Å². The van der Waals surface area contributed by atoms with E-state index >= 15 is 0 Å². The third-order valence-electron chi connectivity index (χ3n) is 5.71. The quantitative estimate of drug-likeness (QED) is 0.396. The number of fused-ring (bicyclic) bond motifs is 1. The molecule has 1 saturated heterocycles. The number of aromatic nitrogens is 2. The minimum Gasteiger partial charge on any atom is -0.324 e. The van der Waals surface area contributed by atoms with Gasteiger partial charge in [0.05, 0.1) is 11.0 Å². The Morgan fingerprint density at radius 2 is 1.71 bits per heavy atom. The lowest BCUT2D eigenvalue weighted by molar-refractivity contribution is -0.117. The van der Waals surface area contributed by atoms with Gasteiger partial charge in [0.25, 0.3) is 0 Å². The largest absolute Gasteiger partial charge is 0.324 e. The van der Waals surface area contributed by atoms with E-state index in [1.165, 1.54) is 5.56 Å². The van der Waals surface area contributed by atoms with Crippen molar-refractivity contribution in [3.05, 3.63) is 101 Å². The van der Waals surface area contributed by atoms with E-state index in [1.807, 2.05) is 65.6 Å². The molecule has 154 valence electrons. The highest BCUT2D eigenvalue weighted by atomic mass is 35.5. The van der Waals surface area contributed by atoms with Crippen molar-refractivity contribution in [2.75, 3.05) is 11.4 Å². The SMILES string of the molecule is O=C1C[C@@H](c2nc3ccccc3n2C/C=C/c2ccccc2)CN1c1ccc(Cl)cc1. The van der Waals surface area contributed by atoms with E-state index in [9.17, 15) is 4.79 Å². The summed E-state index contributed by atoms with van der Waals surface area (Å²) in [4.78, 5) is 19.6. The molecular formula is C26H22ClN3O. The number of rotatable bonds is 5. The Morgan fingerprint density at radius 3 is 2.52 bits per heavy atom. The van der Waals surface area contributed by atoms with Crippen LogP contribution in [0.3, 0.4) is 0 Å². The summed E-state index contributed by atoms with van der Waals surface area (Å²) in [5.41, 5.74) is 4.09. The van der Waals surface area contributed by atoms with Crippen LogP contribution in [0.5, 0.6) is 0 Å². The Balaban J connectivity index is 1.45. The molecule has 4 aromatic rings. The molecule has 0 saturated carbocycles. The van der Waals surface area contributed by atoms with Crippen molar-refractivity contribution in [1.82, 2.24) is 9.55 Å². The summed E-state index contributed by atoms with van der Waals surface area (Å²) in [6.45, 7) is 1.32. The molecule has 0 unspecified atom stereocenters. The number of nitrogens with zero attached hydrogens (tertiary/aromatic N) is 3. The highest BCUT2D eigenvalue weighted by Gasteiger charge is 2.34. The maximum atomic E-state index is 12.8. The van der Waals surface area contributed by atoms with Gasteiger partial charge in [-0.05, 0) is 42.0 Å². The fourth-order valence-corrected chi connectivity index (χ4v) is 4.33. The number of allylic oxidation sites excluding steroid dienone is 1. The van der Waals surface area contributed by atoms with Crippen LogP contribution in [-0.2, 0) is 11.3 Å². The zero-order valence-corrected chi connectivity index (χ0v) is 17.7. The standard InChI is InChI=1S/C26H22ClN3O/c27-21-12-14-22(15-13-21)30-18-20(17-25(30)31)26-28-23-10-4-5-11-24(23)29(26)16-6-9-19-7-2-1-3-8-19/h1-15,20H,16-18H2/b9-6+/t20-/m1/s1. The lowest BCUT2D eigenvalue weighted by atomic mass is 10.1. The number of imidazole rings is 1. The molecule has 0 N–H and O–H groups in total. The van der Waals surface area contributed by atoms with Crippen molar-refractivity contribution in [3.8, 4) is 0 Å². The zero-order chi connectivity index (χ0) is 21.2. The number of carbonyl (C=O) groups is 1. The second-order valence-corrected chi connectivity index (χ2v) is 8.20. The number of halogens is 1. The van der Waals surface area contributed by atoms with Gasteiger partial charge in [-0.1, -0.05) is 66.2 Å². The van der Waals surface area contributed by atoms with Crippen LogP contribution < -0.4 is 4.90 Å². The predicted octanol–water partition coefficient (Wildman–Crippen LogP) is 5.92. The van der Waals surface area contributed by atoms with Crippen molar-refractivity contribution in [2.24, 2.45) is 0 Å². The fraction of sp³-hybridized carbons (Fsp3) is 0.154. The van der Waals surface area contributed by atoms with Gasteiger partial charge in [-0.3, -0.25) is 4.79 Å². The van der Waals surface area contributed by atoms with Gasteiger partial charge < -0.3 is 9.47 Å². The predicted molar refractivity (Wildman–Crippen MR) is 126 cm³/mol. The van der Waals surface area contributed by atoms with Crippen LogP contribution in [0.1, 0.15) is 23.7 Å². The van der Waals surface area contributed by atoms with E-state index in [4.69, 9.17) is 16.6 Å². The smallest absolute Gasteiger partial charge is 0.227 e. The molecule has 5 rings (SSSR count). The second kappa shape index (κ2) is 8.40. The molecule has 0 bridgehead atoms. The molecule has 0 aliphatic carbocycles. The Labute approximate surface area is 186 Å². The first-order valence-electron chi connectivity index (χ1n) is 10.4. The monoisotopic (exact) mass is 427 g/mol. The maximum Gasteiger partial charge on any atom is 0.227 e. The highest BCUT2D eigenvalue weighted by Crippen LogP contribution is 2.33. The molecule has 0 spiro atoms. The normalized spacial score (nSPS) is 16.6. The van der Waals surface area contributed by atoms with Gasteiger partial charge in [-0.25, -0.2) is 4.98 Å². The molecule has 3 aromatic carbocycles. The fourth-order valence-electron chi connectivity index (χ4n) is 4.21. The summed E-state index contributed by atoms with van der Waals surface area (Å²) >= 11 is 6.01. The first kappa shape index (κ1) is 19.6. The highest BCUT2D eigenvalue weighted by molar-refractivity contribution is 6.30. The molecule has 1 aliphatic heterocycles. The van der Waals surface area contributed by atoms with Crippen LogP contribution in [0.15, 0.2) is 84.9 Å². The summed E-state index contributed by atoms with van der Waals surface area (Å²) < 4.78 is 2.23. The maximum absolute atomic E-state index is 12.8. The molecule has 1 aromatic heterocycles. The van der Waals surface area contributed by atoms with Crippen molar-refractivity contribution >= 4 is 40.3 Å². The Kier molecular flexibility index (Phi) is 5.31. The Hall–Kier alpha value is -3.37. The van der Waals surface area contributed by atoms with Gasteiger partial charge in [0.1, 0.15) is 5.82 Å². The third kappa shape index (κ3) is 3.99. The molecule has 1 aliphatic rings. The van der Waals surface area contributed by atoms with Gasteiger partial charge >= 0.3 is 0 Å². The molecule has 5 heteroatoms. The summed E-state index contributed by atoms with van der Waals surface area (Å²) in [5, 5.41) is 0.666. The van der Waals surface area contributed by atoms with Crippen molar-refractivity contribution in [3.63, 3.8) is 0 Å². The number of para-hydroxylation sites is 2. The van der Waals surface area contributed by atoms with Gasteiger partial charge in [0.15, 0.2) is 0 Å². The average Bonchev–Trinajstić information content (AvgIpc) is 3.36. The molecule has 1 amide bonds. The zero-order valence-electron chi connectivity index (χ0n) is 17.0. The summed E-state index contributed by atoms with van der Waals surface area (Å²) in [6.07, 6.45) is 4.73. The molecule has 2 heterocycles. The van der Waals surface area contributed by atoms with E-state index < -0.39 is 0 Å². The van der Waals surface area contributed by atoms with E-state index in [0.29, 0.717) is 24.5 Å². The lowest BCUT2D eigenvalue weighted by Crippen LogP contribution is -2.24. The van der Waals surface area contributed by atoms with Gasteiger partial charge in [0.2, 0.25) is 5.91 Å². The molecule has 31 heavy (non-hydrogen) atoms. The Bertz CT molecular complexity index is 1240. The van der Waals surface area contributed by atoms with Gasteiger partial charge in [0, 0.05) is 36.1 Å². The number of carbonyl (C=O) groups excluding carboxylic acids is 1. The van der Waals surface area contributed by atoms with Crippen molar-refractivity contribution in [1.29, 1.82) is 0 Å². The number of hydrogen-bond donors (Lipinski definition) is 0. The van der Waals surface area contributed by atoms with Gasteiger partial charge in [-0.2, -0.15) is 0 Å². The van der Waals surface area contributed by atoms with Crippen LogP contribution in [0.4, 0.5) is 5.69 Å². The minimum atomic E-state index is 0.0423. The molecule has 4 nitrogen and oxygen atoms in total. The van der Waals surface area contributed by atoms with E-state index in [0.717, 1.165) is 22.5 Å². The lowest BCUT2D eigenvalue weighted by Gasteiger charge is -2.17. The molecule has 1 atom stereocenters. The van der Waals surface area contributed by atoms with Crippen LogP contribution in [0.25, 0.3) is 17.1 Å². The number of anilines is 1. The first-order valence-corrected chi connectivity index (χ1v) is 10.8. The molecule has 0 radical (unpaired) electrons. The van der Waals surface area contributed by atoms with Crippen LogP contribution in [0.2, 0.25) is 5.02 Å². The number of hydrogen-bond acceptors (Lipinski definition) is 2. The average molecular weight is 428 g/mol. The summed E-state index contributed by atoms with van der Waals surface area (Å²) in [6, 6.07) is 25.9. The minimum absolute atomic E-state index is 0.0423. The van der Waals surface area contributed by atoms with E-state index in [-0.39, 0.29) is 11.8 Å². The second-order valence-electron chi connectivity index (χ2n) is 7.76. The van der Waals surface area contributed by atoms with Gasteiger partial charge in [-0.15, -0.1) is 0 Å². The topological polar surface area (TPSA) is 38.1 Å². The number of benzene rings is 3. The van der Waals surface area contributed by atoms with E-state index in [1.54, 1.807) is 0 Å². The first-order chi connectivity index (χ1) is 15.2. The van der Waals surface area contributed by atoms with E-state index in [2.05, 4.69) is 34.9 Å². The summed E-state index contributed by atoms with van der Waals surface area (Å²) in [5.74, 6) is 1.12.